The summed E-state index contributed by atoms with van der Waals surface area (Å²) in [6.45, 7) is -0.254. The Morgan fingerprint density at radius 1 is 1.40 bits per heavy atom. The summed E-state index contributed by atoms with van der Waals surface area (Å²) >= 11 is 0. The first kappa shape index (κ1) is 14.9. The third-order valence-electron chi connectivity index (χ3n) is 2.16. The monoisotopic (exact) mass is 272 g/mol. The Balaban J connectivity index is 2.88. The molecule has 1 aromatic carbocycles. The Kier molecular flexibility index (Phi) is 5.42. The van der Waals surface area contributed by atoms with Crippen LogP contribution in [0.4, 0.5) is 5.69 Å². The molecule has 0 aliphatic carbocycles. The number of amides is 1. The summed E-state index contributed by atoms with van der Waals surface area (Å²) in [5.74, 6) is 0.159. The summed E-state index contributed by atoms with van der Waals surface area (Å²) < 4.78 is 10.3. The zero-order valence-electron chi connectivity index (χ0n) is 10.7. The van der Waals surface area contributed by atoms with Gasteiger partial charge in [-0.3, -0.25) is 4.79 Å². The van der Waals surface area contributed by atoms with Gasteiger partial charge in [-0.15, -0.1) is 0 Å². The van der Waals surface area contributed by atoms with Crippen LogP contribution in [0.5, 0.6) is 11.5 Å². The summed E-state index contributed by atoms with van der Waals surface area (Å²) in [6, 6.07) is 8.27. The molecular weight excluding hydrogens is 260 g/mol. The molecule has 1 aromatic rings. The lowest BCUT2D eigenvalue weighted by molar-refractivity contribution is -0.119. The zero-order chi connectivity index (χ0) is 15.0. The van der Waals surface area contributed by atoms with E-state index in [-0.39, 0.29) is 12.2 Å². The van der Waals surface area contributed by atoms with Gasteiger partial charge >= 0.3 is 0 Å². The van der Waals surface area contributed by atoms with Crippen LogP contribution in [0.15, 0.2) is 30.0 Å². The molecule has 0 radical (unpaired) electrons. The molecule has 0 aliphatic heterocycles. The number of anilines is 1. The smallest absolute Gasteiger partial charge is 0.255 e. The fraction of sp³-hybridized carbons (Fsp3) is 0.154. The number of methoxy groups -OCH3 is 1. The summed E-state index contributed by atoms with van der Waals surface area (Å²) in [5.41, 5.74) is 5.52. The van der Waals surface area contributed by atoms with Crippen LogP contribution in [0, 0.1) is 22.7 Å². The number of nitrogens with two attached hydrogens (primary N) is 1. The summed E-state index contributed by atoms with van der Waals surface area (Å²) in [5, 5.41) is 20.0. The SMILES string of the molecule is COc1cc(NC=C(C#N)C#N)ccc1OCC(N)=O. The number of nitrogens with zero attached hydrogens (tertiary/aromatic N) is 2. The third kappa shape index (κ3) is 4.24. The van der Waals surface area contributed by atoms with Crippen molar-refractivity contribution in [1.82, 2.24) is 0 Å². The van der Waals surface area contributed by atoms with E-state index in [1.807, 2.05) is 0 Å². The molecule has 0 fully saturated rings. The van der Waals surface area contributed by atoms with Crippen molar-refractivity contribution in [2.24, 2.45) is 5.73 Å². The Morgan fingerprint density at radius 3 is 2.65 bits per heavy atom. The number of carbonyl (C=O) groups is 1. The highest BCUT2D eigenvalue weighted by Crippen LogP contribution is 2.30. The van der Waals surface area contributed by atoms with E-state index in [0.29, 0.717) is 17.2 Å². The second-order valence-corrected chi connectivity index (χ2v) is 3.55. The summed E-state index contributed by atoms with van der Waals surface area (Å²) in [4.78, 5) is 10.7. The van der Waals surface area contributed by atoms with Crippen LogP contribution >= 0.6 is 0 Å². The van der Waals surface area contributed by atoms with E-state index in [9.17, 15) is 4.79 Å². The fourth-order valence-electron chi connectivity index (χ4n) is 1.27. The highest BCUT2D eigenvalue weighted by molar-refractivity contribution is 5.75. The molecular formula is C13H12N4O3. The lowest BCUT2D eigenvalue weighted by Gasteiger charge is -2.11. The number of nitrogens with one attached hydrogen (secondary N) is 1. The number of hydrogen-bond donors (Lipinski definition) is 2. The van der Waals surface area contributed by atoms with E-state index in [2.05, 4.69) is 5.32 Å². The normalized spacial score (nSPS) is 8.75. The van der Waals surface area contributed by atoms with Crippen LogP contribution in [0.3, 0.4) is 0 Å². The molecule has 7 heteroatoms. The number of allylic oxidation sites excluding steroid dienone is 1. The first-order valence-electron chi connectivity index (χ1n) is 5.46. The van der Waals surface area contributed by atoms with Gasteiger partial charge in [-0.05, 0) is 12.1 Å². The van der Waals surface area contributed by atoms with Gasteiger partial charge < -0.3 is 20.5 Å². The Bertz CT molecular complexity index is 595. The van der Waals surface area contributed by atoms with Gasteiger partial charge in [-0.1, -0.05) is 0 Å². The molecule has 0 spiro atoms. The molecule has 102 valence electrons. The minimum atomic E-state index is -0.593. The Morgan fingerprint density at radius 2 is 2.10 bits per heavy atom. The van der Waals surface area contributed by atoms with Crippen LogP contribution in [0.1, 0.15) is 0 Å². The molecule has 0 saturated heterocycles. The number of nitriles is 2. The zero-order valence-corrected chi connectivity index (χ0v) is 10.7. The van der Waals surface area contributed by atoms with Crippen LogP contribution in [-0.4, -0.2) is 19.6 Å². The van der Waals surface area contributed by atoms with Crippen molar-refractivity contribution in [2.75, 3.05) is 19.0 Å². The second kappa shape index (κ2) is 7.29. The van der Waals surface area contributed by atoms with Crippen LogP contribution in [0.2, 0.25) is 0 Å². The van der Waals surface area contributed by atoms with Crippen molar-refractivity contribution in [3.05, 3.63) is 30.0 Å². The second-order valence-electron chi connectivity index (χ2n) is 3.55. The maximum absolute atomic E-state index is 10.7. The van der Waals surface area contributed by atoms with Gasteiger partial charge in [-0.2, -0.15) is 10.5 Å². The van der Waals surface area contributed by atoms with Gasteiger partial charge in [0.1, 0.15) is 17.7 Å². The minimum absolute atomic E-state index is 0.0574. The van der Waals surface area contributed by atoms with E-state index >= 15 is 0 Å². The van der Waals surface area contributed by atoms with Crippen molar-refractivity contribution in [1.29, 1.82) is 10.5 Å². The van der Waals surface area contributed by atoms with Crippen molar-refractivity contribution in [3.8, 4) is 23.6 Å². The average molecular weight is 272 g/mol. The average Bonchev–Trinajstić information content (AvgIpc) is 2.46. The molecule has 0 aromatic heterocycles. The Hall–Kier alpha value is -3.19. The quantitative estimate of drug-likeness (QED) is 0.742. The van der Waals surface area contributed by atoms with E-state index in [4.69, 9.17) is 25.7 Å². The van der Waals surface area contributed by atoms with Gasteiger partial charge in [0, 0.05) is 18.0 Å². The largest absolute Gasteiger partial charge is 0.493 e. The first-order valence-corrected chi connectivity index (χ1v) is 5.46. The predicted octanol–water partition coefficient (Wildman–Crippen LogP) is 0.902. The van der Waals surface area contributed by atoms with E-state index in [1.165, 1.54) is 13.3 Å². The van der Waals surface area contributed by atoms with Gasteiger partial charge in [-0.25, -0.2) is 0 Å². The molecule has 20 heavy (non-hydrogen) atoms. The molecule has 0 bridgehead atoms. The lowest BCUT2D eigenvalue weighted by atomic mass is 10.2. The van der Waals surface area contributed by atoms with E-state index < -0.39 is 5.91 Å². The molecule has 0 unspecified atom stereocenters. The third-order valence-corrected chi connectivity index (χ3v) is 2.16. The number of hydrogen-bond acceptors (Lipinski definition) is 6. The first-order chi connectivity index (χ1) is 9.60. The van der Waals surface area contributed by atoms with Gasteiger partial charge in [0.2, 0.25) is 0 Å². The number of ether oxygens (including phenoxy) is 2. The van der Waals surface area contributed by atoms with Crippen molar-refractivity contribution in [3.63, 3.8) is 0 Å². The van der Waals surface area contributed by atoms with Crippen molar-refractivity contribution >= 4 is 11.6 Å². The molecule has 0 atom stereocenters. The Labute approximate surface area is 115 Å². The van der Waals surface area contributed by atoms with E-state index in [1.54, 1.807) is 30.3 Å². The predicted molar refractivity (Wildman–Crippen MR) is 70.6 cm³/mol. The molecule has 1 rings (SSSR count). The number of primary amides is 1. The standard InChI is InChI=1S/C13H12N4O3/c1-19-12-4-10(17-7-9(5-14)6-15)2-3-11(12)20-8-13(16)18/h2-4,7,17H,8H2,1H3,(H2,16,18). The van der Waals surface area contributed by atoms with Crippen molar-refractivity contribution in [2.45, 2.75) is 0 Å². The van der Waals surface area contributed by atoms with E-state index in [0.717, 1.165) is 0 Å². The number of benzene rings is 1. The summed E-state index contributed by atoms with van der Waals surface area (Å²) in [6.07, 6.45) is 1.28. The molecule has 7 nitrogen and oxygen atoms in total. The van der Waals surface area contributed by atoms with Crippen LogP contribution < -0.4 is 20.5 Å². The maximum Gasteiger partial charge on any atom is 0.255 e. The van der Waals surface area contributed by atoms with Gasteiger partial charge in [0.25, 0.3) is 5.91 Å². The highest BCUT2D eigenvalue weighted by atomic mass is 16.5. The fourth-order valence-corrected chi connectivity index (χ4v) is 1.27. The number of rotatable bonds is 6. The van der Waals surface area contributed by atoms with Gasteiger partial charge in [0.05, 0.1) is 7.11 Å². The van der Waals surface area contributed by atoms with Crippen LogP contribution in [0.25, 0.3) is 0 Å². The minimum Gasteiger partial charge on any atom is -0.493 e. The molecule has 0 heterocycles. The van der Waals surface area contributed by atoms with Crippen molar-refractivity contribution < 1.29 is 14.3 Å². The topological polar surface area (TPSA) is 121 Å². The number of carbonyl (C=O) groups excluding carboxylic acids is 1. The maximum atomic E-state index is 10.7. The summed E-state index contributed by atoms with van der Waals surface area (Å²) in [7, 11) is 1.45. The van der Waals surface area contributed by atoms with Crippen LogP contribution in [-0.2, 0) is 4.79 Å². The molecule has 0 aliphatic rings. The molecule has 0 saturated carbocycles. The van der Waals surface area contributed by atoms with Gasteiger partial charge in [0.15, 0.2) is 18.1 Å². The lowest BCUT2D eigenvalue weighted by Crippen LogP contribution is -2.20. The molecule has 3 N–H and O–H groups in total. The highest BCUT2D eigenvalue weighted by Gasteiger charge is 2.06. The molecule has 1 amide bonds.